The largest absolute Gasteiger partial charge is 0.492 e. The van der Waals surface area contributed by atoms with Crippen LogP contribution >= 0.6 is 15.9 Å². The molecular formula is C22H17BrO3. The summed E-state index contributed by atoms with van der Waals surface area (Å²) in [5, 5.41) is 3.61. The molecule has 3 nitrogen and oxygen atoms in total. The first-order valence-corrected chi connectivity index (χ1v) is 9.56. The van der Waals surface area contributed by atoms with Gasteiger partial charge in [-0.25, -0.2) is 0 Å². The zero-order valence-corrected chi connectivity index (χ0v) is 15.9. The van der Waals surface area contributed by atoms with Crippen LogP contribution in [-0.4, -0.2) is 17.7 Å². The van der Waals surface area contributed by atoms with Gasteiger partial charge in [0.2, 0.25) is 0 Å². The molecule has 0 saturated heterocycles. The van der Waals surface area contributed by atoms with E-state index in [-0.39, 0.29) is 5.78 Å². The highest BCUT2D eigenvalue weighted by molar-refractivity contribution is 9.09. The third-order valence-electron chi connectivity index (χ3n) is 4.41. The molecule has 0 bridgehead atoms. The van der Waals surface area contributed by atoms with Crippen LogP contribution in [0.25, 0.3) is 33.1 Å². The van der Waals surface area contributed by atoms with Crippen molar-refractivity contribution in [1.82, 2.24) is 0 Å². The minimum absolute atomic E-state index is 0.00588. The van der Waals surface area contributed by atoms with Gasteiger partial charge in [-0.2, -0.15) is 0 Å². The topological polar surface area (TPSA) is 39.4 Å². The first kappa shape index (κ1) is 16.9. The summed E-state index contributed by atoms with van der Waals surface area (Å²) in [6.07, 6.45) is 0. The predicted octanol–water partition coefficient (Wildman–Crippen LogP) is 6.23. The Bertz CT molecular complexity index is 1110. The number of furan rings is 1. The summed E-state index contributed by atoms with van der Waals surface area (Å²) in [7, 11) is 0. The molecule has 1 heterocycles. The Morgan fingerprint density at radius 2 is 1.65 bits per heavy atom. The van der Waals surface area contributed by atoms with Crippen LogP contribution in [0.1, 0.15) is 17.3 Å². The molecule has 4 aromatic rings. The fourth-order valence-corrected chi connectivity index (χ4v) is 3.49. The fourth-order valence-electron chi connectivity index (χ4n) is 3.33. The van der Waals surface area contributed by atoms with E-state index in [4.69, 9.17) is 9.15 Å². The molecule has 0 aliphatic heterocycles. The van der Waals surface area contributed by atoms with Crippen LogP contribution in [0.15, 0.2) is 65.1 Å². The molecule has 0 aliphatic rings. The number of ketones is 1. The molecule has 1 aromatic heterocycles. The number of rotatable bonds is 5. The molecule has 4 rings (SSSR count). The van der Waals surface area contributed by atoms with Crippen LogP contribution in [0.5, 0.6) is 5.75 Å². The van der Waals surface area contributed by atoms with Gasteiger partial charge >= 0.3 is 0 Å². The standard InChI is InChI=1S/C22H17BrO3/c1-14(24)21-18-8-4-5-9-20(18)26-22(21)17-10-11-19(25-13-12-23)16-7-3-2-6-15(16)17/h2-11H,12-13H2,1H3. The number of carbonyl (C=O) groups excluding carboxylic acids is 1. The number of para-hydroxylation sites is 1. The van der Waals surface area contributed by atoms with Gasteiger partial charge in [-0.3, -0.25) is 4.79 Å². The van der Waals surface area contributed by atoms with E-state index >= 15 is 0 Å². The summed E-state index contributed by atoms with van der Waals surface area (Å²) >= 11 is 3.39. The van der Waals surface area contributed by atoms with Crippen molar-refractivity contribution < 1.29 is 13.9 Å². The number of alkyl halides is 1. The molecule has 0 spiro atoms. The number of ether oxygens (including phenoxy) is 1. The maximum atomic E-state index is 12.4. The number of fused-ring (bicyclic) bond motifs is 2. The number of hydrogen-bond acceptors (Lipinski definition) is 3. The molecule has 0 saturated carbocycles. The van der Waals surface area contributed by atoms with E-state index in [1.54, 1.807) is 6.92 Å². The molecule has 0 fully saturated rings. The number of carbonyl (C=O) groups is 1. The van der Waals surface area contributed by atoms with E-state index in [9.17, 15) is 4.79 Å². The smallest absolute Gasteiger partial charge is 0.164 e. The van der Waals surface area contributed by atoms with Crippen LogP contribution in [-0.2, 0) is 0 Å². The lowest BCUT2D eigenvalue weighted by molar-refractivity contribution is 0.101. The van der Waals surface area contributed by atoms with Gasteiger partial charge in [-0.05, 0) is 30.5 Å². The Labute approximate surface area is 159 Å². The van der Waals surface area contributed by atoms with Crippen molar-refractivity contribution in [3.63, 3.8) is 0 Å². The number of hydrogen-bond donors (Lipinski definition) is 0. The zero-order valence-electron chi connectivity index (χ0n) is 14.3. The Morgan fingerprint density at radius 1 is 0.962 bits per heavy atom. The van der Waals surface area contributed by atoms with Gasteiger partial charge < -0.3 is 9.15 Å². The minimum atomic E-state index is -0.00588. The van der Waals surface area contributed by atoms with Crippen molar-refractivity contribution in [3.8, 4) is 17.1 Å². The monoisotopic (exact) mass is 408 g/mol. The second kappa shape index (κ2) is 6.96. The third-order valence-corrected chi connectivity index (χ3v) is 4.73. The first-order valence-electron chi connectivity index (χ1n) is 8.44. The number of Topliss-reactive ketones (excluding diaryl/α,β-unsaturated/α-hetero) is 1. The van der Waals surface area contributed by atoms with Crippen molar-refractivity contribution in [2.24, 2.45) is 0 Å². The van der Waals surface area contributed by atoms with E-state index in [0.29, 0.717) is 17.9 Å². The highest BCUT2D eigenvalue weighted by atomic mass is 79.9. The lowest BCUT2D eigenvalue weighted by atomic mass is 9.97. The summed E-state index contributed by atoms with van der Waals surface area (Å²) in [6, 6.07) is 19.6. The van der Waals surface area contributed by atoms with Crippen molar-refractivity contribution in [3.05, 3.63) is 66.2 Å². The normalized spacial score (nSPS) is 11.2. The number of halogens is 1. The first-order chi connectivity index (χ1) is 12.7. The molecule has 0 amide bonds. The average Bonchev–Trinajstić information content (AvgIpc) is 3.05. The second-order valence-corrected chi connectivity index (χ2v) is 6.85. The molecule has 3 aromatic carbocycles. The lowest BCUT2D eigenvalue weighted by Crippen LogP contribution is -1.99. The third kappa shape index (κ3) is 2.80. The molecule has 0 atom stereocenters. The Hall–Kier alpha value is -2.59. The van der Waals surface area contributed by atoms with Crippen LogP contribution in [0.4, 0.5) is 0 Å². The van der Waals surface area contributed by atoms with Crippen LogP contribution in [0, 0.1) is 0 Å². The Morgan fingerprint density at radius 3 is 2.38 bits per heavy atom. The predicted molar refractivity (Wildman–Crippen MR) is 108 cm³/mol. The quantitative estimate of drug-likeness (QED) is 0.290. The second-order valence-electron chi connectivity index (χ2n) is 6.05. The summed E-state index contributed by atoms with van der Waals surface area (Å²) in [5.41, 5.74) is 2.24. The van der Waals surface area contributed by atoms with Crippen molar-refractivity contribution in [1.29, 1.82) is 0 Å². The molecular weight excluding hydrogens is 392 g/mol. The van der Waals surface area contributed by atoms with Crippen molar-refractivity contribution in [2.75, 3.05) is 11.9 Å². The lowest BCUT2D eigenvalue weighted by Gasteiger charge is -2.11. The van der Waals surface area contributed by atoms with Crippen molar-refractivity contribution >= 4 is 43.5 Å². The molecule has 130 valence electrons. The van der Waals surface area contributed by atoms with Gasteiger partial charge in [0.1, 0.15) is 17.1 Å². The summed E-state index contributed by atoms with van der Waals surface area (Å²) in [6.45, 7) is 2.17. The van der Waals surface area contributed by atoms with Gasteiger partial charge in [0, 0.05) is 21.7 Å². The van der Waals surface area contributed by atoms with Gasteiger partial charge in [-0.1, -0.05) is 58.4 Å². The summed E-state index contributed by atoms with van der Waals surface area (Å²) in [5.74, 6) is 1.43. The highest BCUT2D eigenvalue weighted by Crippen LogP contribution is 2.40. The average molecular weight is 409 g/mol. The van der Waals surface area contributed by atoms with E-state index in [0.717, 1.165) is 38.4 Å². The van der Waals surface area contributed by atoms with Gasteiger partial charge in [0.25, 0.3) is 0 Å². The Kier molecular flexibility index (Phi) is 4.51. The molecule has 4 heteroatoms. The van der Waals surface area contributed by atoms with Crippen LogP contribution in [0.3, 0.4) is 0 Å². The highest BCUT2D eigenvalue weighted by Gasteiger charge is 2.21. The summed E-state index contributed by atoms with van der Waals surface area (Å²) < 4.78 is 12.0. The zero-order chi connectivity index (χ0) is 18.1. The van der Waals surface area contributed by atoms with Gasteiger partial charge in [-0.15, -0.1) is 0 Å². The molecule has 0 aliphatic carbocycles. The maximum Gasteiger partial charge on any atom is 0.164 e. The molecule has 0 unspecified atom stereocenters. The van der Waals surface area contributed by atoms with Crippen molar-refractivity contribution in [2.45, 2.75) is 6.92 Å². The number of benzene rings is 3. The molecule has 0 N–H and O–H groups in total. The minimum Gasteiger partial charge on any atom is -0.492 e. The van der Waals surface area contributed by atoms with E-state index in [1.807, 2.05) is 60.7 Å². The van der Waals surface area contributed by atoms with E-state index in [1.165, 1.54) is 0 Å². The summed E-state index contributed by atoms with van der Waals surface area (Å²) in [4.78, 5) is 12.4. The van der Waals surface area contributed by atoms with Crippen LogP contribution < -0.4 is 4.74 Å². The van der Waals surface area contributed by atoms with Gasteiger partial charge in [0.05, 0.1) is 12.2 Å². The maximum absolute atomic E-state index is 12.4. The SMILES string of the molecule is CC(=O)c1c(-c2ccc(OCCBr)c3ccccc23)oc2ccccc12. The molecule has 0 radical (unpaired) electrons. The van der Waals surface area contributed by atoms with E-state index < -0.39 is 0 Å². The Balaban J connectivity index is 2.00. The fraction of sp³-hybridized carbons (Fsp3) is 0.136. The van der Waals surface area contributed by atoms with Gasteiger partial charge in [0.15, 0.2) is 5.78 Å². The van der Waals surface area contributed by atoms with Crippen LogP contribution in [0.2, 0.25) is 0 Å². The van der Waals surface area contributed by atoms with E-state index in [2.05, 4.69) is 15.9 Å². The molecule has 26 heavy (non-hydrogen) atoms.